The zero-order valence-corrected chi connectivity index (χ0v) is 8.61. The van der Waals surface area contributed by atoms with E-state index in [4.69, 9.17) is 0 Å². The third-order valence-corrected chi connectivity index (χ3v) is 2.80. The highest BCUT2D eigenvalue weighted by molar-refractivity contribution is 5.93. The molecule has 13 heavy (non-hydrogen) atoms. The van der Waals surface area contributed by atoms with Crippen LogP contribution in [0.15, 0.2) is 0 Å². The summed E-state index contributed by atoms with van der Waals surface area (Å²) >= 11 is 0. The Labute approximate surface area is 80.1 Å². The van der Waals surface area contributed by atoms with Crippen LogP contribution in [0.2, 0.25) is 0 Å². The van der Waals surface area contributed by atoms with Crippen LogP contribution in [0.5, 0.6) is 0 Å². The Kier molecular flexibility index (Phi) is 2.98. The summed E-state index contributed by atoms with van der Waals surface area (Å²) in [4.78, 5) is 11.2. The SMILES string of the molecule is CC#CC(=O)NC1CCCC1(C)C. The van der Waals surface area contributed by atoms with E-state index in [-0.39, 0.29) is 11.3 Å². The van der Waals surface area contributed by atoms with Crippen molar-refractivity contribution in [1.82, 2.24) is 5.32 Å². The zero-order chi connectivity index (χ0) is 9.90. The lowest BCUT2D eigenvalue weighted by molar-refractivity contribution is -0.116. The van der Waals surface area contributed by atoms with Crippen LogP contribution in [0, 0.1) is 17.3 Å². The van der Waals surface area contributed by atoms with Gasteiger partial charge in [0.2, 0.25) is 0 Å². The normalized spacial score (nSPS) is 24.7. The first kappa shape index (κ1) is 10.1. The molecular weight excluding hydrogens is 162 g/mol. The smallest absolute Gasteiger partial charge is 0.296 e. The van der Waals surface area contributed by atoms with Crippen molar-refractivity contribution in [2.45, 2.75) is 46.1 Å². The molecule has 1 aliphatic carbocycles. The van der Waals surface area contributed by atoms with Gasteiger partial charge in [0.15, 0.2) is 0 Å². The fraction of sp³-hybridized carbons (Fsp3) is 0.727. The average molecular weight is 179 g/mol. The van der Waals surface area contributed by atoms with Gasteiger partial charge in [-0.15, -0.1) is 0 Å². The van der Waals surface area contributed by atoms with Crippen molar-refractivity contribution in [1.29, 1.82) is 0 Å². The van der Waals surface area contributed by atoms with E-state index in [2.05, 4.69) is 31.0 Å². The quantitative estimate of drug-likeness (QED) is 0.610. The second kappa shape index (κ2) is 3.83. The predicted molar refractivity (Wildman–Crippen MR) is 53.0 cm³/mol. The Hall–Kier alpha value is -0.970. The van der Waals surface area contributed by atoms with Crippen molar-refractivity contribution in [2.24, 2.45) is 5.41 Å². The minimum absolute atomic E-state index is 0.137. The first-order valence-corrected chi connectivity index (χ1v) is 4.79. The summed E-state index contributed by atoms with van der Waals surface area (Å²) in [5, 5.41) is 2.96. The second-order valence-electron chi connectivity index (χ2n) is 4.28. The third kappa shape index (κ3) is 2.48. The Bertz CT molecular complexity index is 257. The van der Waals surface area contributed by atoms with Gasteiger partial charge in [-0.05, 0) is 31.1 Å². The maximum atomic E-state index is 11.2. The number of carbonyl (C=O) groups is 1. The van der Waals surface area contributed by atoms with Crippen LogP contribution in [0.3, 0.4) is 0 Å². The molecule has 1 fully saturated rings. The molecule has 1 aliphatic rings. The molecule has 1 rings (SSSR count). The van der Waals surface area contributed by atoms with Crippen LogP contribution in [0.1, 0.15) is 40.0 Å². The van der Waals surface area contributed by atoms with Gasteiger partial charge in [0.05, 0.1) is 0 Å². The number of amides is 1. The molecule has 0 heterocycles. The fourth-order valence-corrected chi connectivity index (χ4v) is 1.90. The first-order chi connectivity index (χ1) is 6.06. The van der Waals surface area contributed by atoms with Crippen molar-refractivity contribution < 1.29 is 4.79 Å². The molecule has 1 amide bonds. The summed E-state index contributed by atoms with van der Waals surface area (Å²) in [6.07, 6.45) is 3.49. The summed E-state index contributed by atoms with van der Waals surface area (Å²) in [6.45, 7) is 6.08. The molecule has 2 nitrogen and oxygen atoms in total. The summed E-state index contributed by atoms with van der Waals surface area (Å²) in [5.74, 6) is 4.98. The lowest BCUT2D eigenvalue weighted by atomic mass is 9.87. The van der Waals surface area contributed by atoms with Crippen molar-refractivity contribution in [2.75, 3.05) is 0 Å². The molecule has 0 aliphatic heterocycles. The topological polar surface area (TPSA) is 29.1 Å². The summed E-state index contributed by atoms with van der Waals surface area (Å²) < 4.78 is 0. The van der Waals surface area contributed by atoms with E-state index >= 15 is 0 Å². The number of hydrogen-bond acceptors (Lipinski definition) is 1. The van der Waals surface area contributed by atoms with E-state index in [1.54, 1.807) is 6.92 Å². The third-order valence-electron chi connectivity index (χ3n) is 2.80. The minimum Gasteiger partial charge on any atom is -0.342 e. The maximum absolute atomic E-state index is 11.2. The molecule has 0 aromatic carbocycles. The Morgan fingerprint density at radius 1 is 1.54 bits per heavy atom. The van der Waals surface area contributed by atoms with Crippen LogP contribution in [-0.4, -0.2) is 11.9 Å². The zero-order valence-electron chi connectivity index (χ0n) is 8.61. The summed E-state index contributed by atoms with van der Waals surface area (Å²) in [5.41, 5.74) is 0.241. The molecule has 1 unspecified atom stereocenters. The average Bonchev–Trinajstić information content (AvgIpc) is 2.31. The van der Waals surface area contributed by atoms with E-state index in [0.29, 0.717) is 6.04 Å². The van der Waals surface area contributed by atoms with Gasteiger partial charge in [0.1, 0.15) is 0 Å². The molecule has 0 saturated heterocycles. The highest BCUT2D eigenvalue weighted by atomic mass is 16.1. The van der Waals surface area contributed by atoms with Crippen molar-refractivity contribution in [3.63, 3.8) is 0 Å². The summed E-state index contributed by atoms with van der Waals surface area (Å²) in [6, 6.07) is 0.306. The molecule has 0 aromatic heterocycles. The van der Waals surface area contributed by atoms with Crippen LogP contribution < -0.4 is 5.32 Å². The second-order valence-corrected chi connectivity index (χ2v) is 4.28. The Morgan fingerprint density at radius 3 is 2.69 bits per heavy atom. The molecule has 0 aromatic rings. The van der Waals surface area contributed by atoms with Crippen molar-refractivity contribution >= 4 is 5.91 Å². The van der Waals surface area contributed by atoms with Crippen molar-refractivity contribution in [3.05, 3.63) is 0 Å². The van der Waals surface area contributed by atoms with Gasteiger partial charge in [0, 0.05) is 6.04 Å². The van der Waals surface area contributed by atoms with Crippen LogP contribution >= 0.6 is 0 Å². The highest BCUT2D eigenvalue weighted by Crippen LogP contribution is 2.36. The van der Waals surface area contributed by atoms with Gasteiger partial charge < -0.3 is 5.32 Å². The number of rotatable bonds is 1. The molecule has 1 N–H and O–H groups in total. The lowest BCUT2D eigenvalue weighted by Crippen LogP contribution is -2.40. The number of nitrogens with one attached hydrogen (secondary N) is 1. The van der Waals surface area contributed by atoms with E-state index in [1.807, 2.05) is 0 Å². The highest BCUT2D eigenvalue weighted by Gasteiger charge is 2.34. The minimum atomic E-state index is -0.137. The molecule has 72 valence electrons. The fourth-order valence-electron chi connectivity index (χ4n) is 1.90. The van der Waals surface area contributed by atoms with E-state index in [1.165, 1.54) is 12.8 Å². The molecule has 1 saturated carbocycles. The van der Waals surface area contributed by atoms with Crippen molar-refractivity contribution in [3.8, 4) is 11.8 Å². The molecule has 2 heteroatoms. The molecule has 0 bridgehead atoms. The maximum Gasteiger partial charge on any atom is 0.296 e. The van der Waals surface area contributed by atoms with Gasteiger partial charge in [-0.2, -0.15) is 0 Å². The van der Waals surface area contributed by atoms with Crippen LogP contribution in [0.25, 0.3) is 0 Å². The van der Waals surface area contributed by atoms with Gasteiger partial charge >= 0.3 is 0 Å². The molecule has 0 radical (unpaired) electrons. The molecule has 1 atom stereocenters. The van der Waals surface area contributed by atoms with Crippen LogP contribution in [0.4, 0.5) is 0 Å². The lowest BCUT2D eigenvalue weighted by Gasteiger charge is -2.26. The standard InChI is InChI=1S/C11H17NO/c1-4-6-10(13)12-9-7-5-8-11(9,2)3/h9H,5,7-8H2,1-3H3,(H,12,13). The Morgan fingerprint density at radius 2 is 2.23 bits per heavy atom. The molecule has 0 spiro atoms. The largest absolute Gasteiger partial charge is 0.342 e. The monoisotopic (exact) mass is 179 g/mol. The van der Waals surface area contributed by atoms with Gasteiger partial charge in [0.25, 0.3) is 5.91 Å². The van der Waals surface area contributed by atoms with Gasteiger partial charge in [-0.3, -0.25) is 4.79 Å². The van der Waals surface area contributed by atoms with E-state index in [9.17, 15) is 4.79 Å². The van der Waals surface area contributed by atoms with Gasteiger partial charge in [-0.25, -0.2) is 0 Å². The number of carbonyl (C=O) groups excluding carboxylic acids is 1. The van der Waals surface area contributed by atoms with E-state index in [0.717, 1.165) is 6.42 Å². The van der Waals surface area contributed by atoms with E-state index < -0.39 is 0 Å². The van der Waals surface area contributed by atoms with Gasteiger partial charge in [-0.1, -0.05) is 26.2 Å². The summed E-state index contributed by atoms with van der Waals surface area (Å²) in [7, 11) is 0. The molecular formula is C11H17NO. The first-order valence-electron chi connectivity index (χ1n) is 4.79. The van der Waals surface area contributed by atoms with Crippen LogP contribution in [-0.2, 0) is 4.79 Å². The number of hydrogen-bond donors (Lipinski definition) is 1. The predicted octanol–water partition coefficient (Wildman–Crippen LogP) is 1.70. The Balaban J connectivity index is 2.53.